The summed E-state index contributed by atoms with van der Waals surface area (Å²) in [6.45, 7) is 11.2. The highest BCUT2D eigenvalue weighted by Crippen LogP contribution is 2.45. The second-order valence-electron chi connectivity index (χ2n) is 6.92. The number of aliphatic hydroxyl groups is 1. The molecule has 0 heterocycles. The standard InChI is InChI=1S/C15H24O2Si/c1-14(2,3)18(4,5)17-13-8-6-12(7-9-13)15(16)10-11-15/h6-9,16H,10-11H2,1-5H3. The van der Waals surface area contributed by atoms with E-state index in [1.807, 2.05) is 24.3 Å². The number of benzene rings is 1. The summed E-state index contributed by atoms with van der Waals surface area (Å²) in [7, 11) is -1.76. The molecule has 2 nitrogen and oxygen atoms in total. The van der Waals surface area contributed by atoms with Gasteiger partial charge in [0.25, 0.3) is 0 Å². The van der Waals surface area contributed by atoms with Crippen molar-refractivity contribution < 1.29 is 9.53 Å². The molecule has 100 valence electrons. The fraction of sp³-hybridized carbons (Fsp3) is 0.600. The Morgan fingerprint density at radius 1 is 1.11 bits per heavy atom. The fourth-order valence-corrected chi connectivity index (χ4v) is 2.72. The summed E-state index contributed by atoms with van der Waals surface area (Å²) in [6.07, 6.45) is 1.77. The minimum absolute atomic E-state index is 0.209. The molecule has 0 bridgehead atoms. The molecule has 18 heavy (non-hydrogen) atoms. The molecule has 1 aromatic rings. The fourth-order valence-electron chi connectivity index (χ4n) is 1.69. The van der Waals surface area contributed by atoms with Crippen LogP contribution < -0.4 is 4.43 Å². The summed E-state index contributed by atoms with van der Waals surface area (Å²) < 4.78 is 6.21. The van der Waals surface area contributed by atoms with Crippen LogP contribution in [0.1, 0.15) is 39.2 Å². The van der Waals surface area contributed by atoms with Crippen LogP contribution in [0.4, 0.5) is 0 Å². The van der Waals surface area contributed by atoms with Crippen LogP contribution >= 0.6 is 0 Å². The van der Waals surface area contributed by atoms with Gasteiger partial charge in [0.1, 0.15) is 5.75 Å². The van der Waals surface area contributed by atoms with E-state index in [2.05, 4.69) is 33.9 Å². The van der Waals surface area contributed by atoms with Crippen LogP contribution in [-0.4, -0.2) is 13.4 Å². The first kappa shape index (κ1) is 13.6. The zero-order valence-electron chi connectivity index (χ0n) is 12.1. The maximum absolute atomic E-state index is 10.0. The third kappa shape index (κ3) is 2.62. The van der Waals surface area contributed by atoms with Crippen molar-refractivity contribution in [3.63, 3.8) is 0 Å². The van der Waals surface area contributed by atoms with E-state index in [9.17, 15) is 5.11 Å². The second-order valence-corrected chi connectivity index (χ2v) is 11.6. The Morgan fingerprint density at radius 2 is 1.61 bits per heavy atom. The maximum Gasteiger partial charge on any atom is 0.250 e. The van der Waals surface area contributed by atoms with Gasteiger partial charge in [0, 0.05) is 0 Å². The molecule has 1 N–H and O–H groups in total. The van der Waals surface area contributed by atoms with Crippen LogP contribution in [0.3, 0.4) is 0 Å². The van der Waals surface area contributed by atoms with Crippen molar-refractivity contribution >= 4 is 8.32 Å². The molecule has 3 heteroatoms. The quantitative estimate of drug-likeness (QED) is 0.835. The van der Waals surface area contributed by atoms with Gasteiger partial charge in [0.05, 0.1) is 5.60 Å². The van der Waals surface area contributed by atoms with Crippen molar-refractivity contribution in [1.29, 1.82) is 0 Å². The van der Waals surface area contributed by atoms with Gasteiger partial charge in [0.15, 0.2) is 0 Å². The van der Waals surface area contributed by atoms with Crippen molar-refractivity contribution in [1.82, 2.24) is 0 Å². The molecule has 1 saturated carbocycles. The normalized spacial score (nSPS) is 18.6. The van der Waals surface area contributed by atoms with Gasteiger partial charge in [-0.25, -0.2) is 0 Å². The van der Waals surface area contributed by atoms with E-state index in [0.29, 0.717) is 0 Å². The first-order chi connectivity index (χ1) is 8.14. The average Bonchev–Trinajstić information content (AvgIpc) is 2.96. The molecule has 1 aromatic carbocycles. The van der Waals surface area contributed by atoms with Crippen molar-refractivity contribution in [2.75, 3.05) is 0 Å². The van der Waals surface area contributed by atoms with Crippen LogP contribution in [0.5, 0.6) is 5.75 Å². The summed E-state index contributed by atoms with van der Waals surface area (Å²) in [6, 6.07) is 7.98. The number of hydrogen-bond donors (Lipinski definition) is 1. The van der Waals surface area contributed by atoms with Gasteiger partial charge in [-0.15, -0.1) is 0 Å². The maximum atomic E-state index is 10.0. The van der Waals surface area contributed by atoms with E-state index in [1.165, 1.54) is 0 Å². The van der Waals surface area contributed by atoms with Crippen LogP contribution in [0, 0.1) is 0 Å². The highest BCUT2D eigenvalue weighted by atomic mass is 28.4. The highest BCUT2D eigenvalue weighted by molar-refractivity contribution is 6.74. The van der Waals surface area contributed by atoms with Crippen LogP contribution in [0.15, 0.2) is 24.3 Å². The molecular formula is C15H24O2Si. The molecule has 0 atom stereocenters. The lowest BCUT2D eigenvalue weighted by Crippen LogP contribution is -2.43. The summed E-state index contributed by atoms with van der Waals surface area (Å²) in [5.41, 5.74) is 0.472. The van der Waals surface area contributed by atoms with Crippen molar-refractivity contribution in [3.05, 3.63) is 29.8 Å². The predicted octanol–water partition coefficient (Wildman–Crippen LogP) is 4.05. The molecule has 1 fully saturated rings. The first-order valence-corrected chi connectivity index (χ1v) is 9.57. The Kier molecular flexibility index (Phi) is 3.11. The van der Waals surface area contributed by atoms with Crippen LogP contribution in [0.25, 0.3) is 0 Å². The summed E-state index contributed by atoms with van der Waals surface area (Å²) in [5.74, 6) is 0.926. The molecule has 0 unspecified atom stereocenters. The summed E-state index contributed by atoms with van der Waals surface area (Å²) in [4.78, 5) is 0. The van der Waals surface area contributed by atoms with E-state index >= 15 is 0 Å². The second kappa shape index (κ2) is 4.10. The van der Waals surface area contributed by atoms with Gasteiger partial charge in [-0.2, -0.15) is 0 Å². The minimum atomic E-state index is -1.76. The zero-order chi connectivity index (χ0) is 13.6. The molecule has 1 aliphatic rings. The third-order valence-corrected chi connectivity index (χ3v) is 8.65. The summed E-state index contributed by atoms with van der Waals surface area (Å²) in [5, 5.41) is 10.2. The van der Waals surface area contributed by atoms with E-state index in [1.54, 1.807) is 0 Å². The lowest BCUT2D eigenvalue weighted by molar-refractivity contribution is 0.151. The molecule has 0 amide bonds. The van der Waals surface area contributed by atoms with Gasteiger partial charge in [-0.05, 0) is 48.7 Å². The molecule has 1 aliphatic carbocycles. The Balaban J connectivity index is 2.11. The van der Waals surface area contributed by atoms with Gasteiger partial charge in [-0.3, -0.25) is 0 Å². The van der Waals surface area contributed by atoms with E-state index < -0.39 is 13.9 Å². The number of hydrogen-bond acceptors (Lipinski definition) is 2. The van der Waals surface area contributed by atoms with E-state index in [4.69, 9.17) is 4.43 Å². The number of rotatable bonds is 3. The summed E-state index contributed by atoms with van der Waals surface area (Å²) >= 11 is 0. The van der Waals surface area contributed by atoms with Crippen molar-refractivity contribution in [2.24, 2.45) is 0 Å². The van der Waals surface area contributed by atoms with Gasteiger partial charge in [-0.1, -0.05) is 32.9 Å². The lowest BCUT2D eigenvalue weighted by Gasteiger charge is -2.36. The molecule has 0 saturated heterocycles. The molecule has 0 radical (unpaired) electrons. The topological polar surface area (TPSA) is 29.5 Å². The minimum Gasteiger partial charge on any atom is -0.544 e. The average molecular weight is 264 g/mol. The largest absolute Gasteiger partial charge is 0.544 e. The van der Waals surface area contributed by atoms with Crippen LogP contribution in [0.2, 0.25) is 18.1 Å². The third-order valence-electron chi connectivity index (χ3n) is 4.29. The van der Waals surface area contributed by atoms with Gasteiger partial charge in [0.2, 0.25) is 8.32 Å². The van der Waals surface area contributed by atoms with Crippen molar-refractivity contribution in [2.45, 2.75) is 57.3 Å². The monoisotopic (exact) mass is 264 g/mol. The highest BCUT2D eigenvalue weighted by Gasteiger charge is 2.42. The molecule has 2 rings (SSSR count). The first-order valence-electron chi connectivity index (χ1n) is 6.66. The molecule has 0 aliphatic heterocycles. The van der Waals surface area contributed by atoms with E-state index in [-0.39, 0.29) is 5.04 Å². The SMILES string of the molecule is CC(C)(C)[Si](C)(C)Oc1ccc(C2(O)CC2)cc1. The Bertz CT molecular complexity index is 425. The zero-order valence-corrected chi connectivity index (χ0v) is 13.1. The van der Waals surface area contributed by atoms with Gasteiger partial charge >= 0.3 is 0 Å². The predicted molar refractivity (Wildman–Crippen MR) is 77.4 cm³/mol. The smallest absolute Gasteiger partial charge is 0.250 e. The van der Waals surface area contributed by atoms with Crippen molar-refractivity contribution in [3.8, 4) is 5.75 Å². The van der Waals surface area contributed by atoms with Gasteiger partial charge < -0.3 is 9.53 Å². The lowest BCUT2D eigenvalue weighted by atomic mass is 10.1. The Morgan fingerprint density at radius 3 is 2.00 bits per heavy atom. The molecular weight excluding hydrogens is 240 g/mol. The molecule has 0 aromatic heterocycles. The molecule has 0 spiro atoms. The Labute approximate surface area is 111 Å². The van der Waals surface area contributed by atoms with Crippen LogP contribution in [-0.2, 0) is 5.60 Å². The Hall–Kier alpha value is -0.803. The van der Waals surface area contributed by atoms with E-state index in [0.717, 1.165) is 24.2 Å².